The van der Waals surface area contributed by atoms with Gasteiger partial charge in [0.1, 0.15) is 6.04 Å². The number of amides is 1. The third kappa shape index (κ3) is 3.69. The molecule has 0 aliphatic rings. The van der Waals surface area contributed by atoms with E-state index >= 15 is 0 Å². The lowest BCUT2D eigenvalue weighted by Gasteiger charge is -2.27. The lowest BCUT2D eigenvalue weighted by atomic mass is 9.86. The average molecular weight is 361 g/mol. The van der Waals surface area contributed by atoms with Crippen molar-refractivity contribution < 1.29 is 14.7 Å². The Morgan fingerprint density at radius 2 is 1.83 bits per heavy atom. The van der Waals surface area contributed by atoms with E-state index in [9.17, 15) is 9.59 Å². The van der Waals surface area contributed by atoms with Gasteiger partial charge in [-0.1, -0.05) is 32.9 Å². The van der Waals surface area contributed by atoms with Crippen LogP contribution in [0.3, 0.4) is 0 Å². The van der Waals surface area contributed by atoms with E-state index in [1.54, 1.807) is 32.9 Å². The second-order valence-electron chi connectivity index (χ2n) is 5.09. The summed E-state index contributed by atoms with van der Waals surface area (Å²) in [4.78, 5) is 23.2. The van der Waals surface area contributed by atoms with Crippen LogP contribution >= 0.6 is 22.6 Å². The molecule has 0 spiro atoms. The first kappa shape index (κ1) is 14.9. The standard InChI is InChI=1S/C13H16INO3/c1-13(2,3)10(12(17)18)15-11(16)8-6-4-5-7-9(8)14/h4-7,10H,1-3H3,(H,15,16)(H,17,18)/t10-/m1/s1. The summed E-state index contributed by atoms with van der Waals surface area (Å²) < 4.78 is 0.797. The first-order valence-electron chi connectivity index (χ1n) is 5.51. The van der Waals surface area contributed by atoms with Crippen molar-refractivity contribution in [3.05, 3.63) is 33.4 Å². The number of carbonyl (C=O) groups is 2. The highest BCUT2D eigenvalue weighted by Gasteiger charge is 2.33. The maximum absolute atomic E-state index is 12.0. The normalized spacial score (nSPS) is 12.9. The number of carbonyl (C=O) groups excluding carboxylic acids is 1. The first-order valence-corrected chi connectivity index (χ1v) is 6.59. The van der Waals surface area contributed by atoms with E-state index in [0.29, 0.717) is 5.56 Å². The Hall–Kier alpha value is -1.11. The van der Waals surface area contributed by atoms with Crippen molar-refractivity contribution in [1.29, 1.82) is 0 Å². The zero-order chi connectivity index (χ0) is 13.9. The number of benzene rings is 1. The van der Waals surface area contributed by atoms with Crippen molar-refractivity contribution in [1.82, 2.24) is 5.32 Å². The van der Waals surface area contributed by atoms with E-state index in [-0.39, 0.29) is 5.91 Å². The molecule has 1 atom stereocenters. The fraction of sp³-hybridized carbons (Fsp3) is 0.385. The zero-order valence-electron chi connectivity index (χ0n) is 10.5. The van der Waals surface area contributed by atoms with Crippen LogP contribution in [0.5, 0.6) is 0 Å². The van der Waals surface area contributed by atoms with Gasteiger partial charge in [0.25, 0.3) is 5.91 Å². The molecule has 0 fully saturated rings. The van der Waals surface area contributed by atoms with Gasteiger partial charge in [0.15, 0.2) is 0 Å². The van der Waals surface area contributed by atoms with Crippen molar-refractivity contribution in [2.75, 3.05) is 0 Å². The van der Waals surface area contributed by atoms with Gasteiger partial charge in [-0.05, 0) is 40.1 Å². The number of aliphatic carboxylic acids is 1. The molecule has 1 amide bonds. The van der Waals surface area contributed by atoms with Crippen molar-refractivity contribution >= 4 is 34.5 Å². The third-order valence-corrected chi connectivity index (χ3v) is 3.45. The van der Waals surface area contributed by atoms with Crippen LogP contribution in [-0.2, 0) is 4.79 Å². The molecular formula is C13H16INO3. The Morgan fingerprint density at radius 1 is 1.28 bits per heavy atom. The summed E-state index contributed by atoms with van der Waals surface area (Å²) in [6.07, 6.45) is 0. The minimum Gasteiger partial charge on any atom is -0.480 e. The Kier molecular flexibility index (Phi) is 4.72. The number of halogens is 1. The molecule has 1 aromatic rings. The summed E-state index contributed by atoms with van der Waals surface area (Å²) in [5.41, 5.74) is -0.0459. The van der Waals surface area contributed by atoms with Gasteiger partial charge in [-0.2, -0.15) is 0 Å². The van der Waals surface area contributed by atoms with E-state index in [1.165, 1.54) is 0 Å². The maximum Gasteiger partial charge on any atom is 0.326 e. The van der Waals surface area contributed by atoms with E-state index in [1.807, 2.05) is 12.1 Å². The maximum atomic E-state index is 12.0. The Balaban J connectivity index is 2.93. The molecule has 1 aromatic carbocycles. The predicted molar refractivity (Wildman–Crippen MR) is 77.5 cm³/mol. The van der Waals surface area contributed by atoms with Crippen molar-refractivity contribution in [3.8, 4) is 0 Å². The van der Waals surface area contributed by atoms with Crippen molar-refractivity contribution in [3.63, 3.8) is 0 Å². The van der Waals surface area contributed by atoms with Gasteiger partial charge in [0, 0.05) is 3.57 Å². The van der Waals surface area contributed by atoms with Crippen LogP contribution in [0, 0.1) is 8.99 Å². The SMILES string of the molecule is CC(C)(C)[C@H](NC(=O)c1ccccc1I)C(=O)O. The van der Waals surface area contributed by atoms with E-state index < -0.39 is 17.4 Å². The van der Waals surface area contributed by atoms with Gasteiger partial charge in [0.2, 0.25) is 0 Å². The number of hydrogen-bond acceptors (Lipinski definition) is 2. The average Bonchev–Trinajstić information content (AvgIpc) is 2.24. The molecule has 0 radical (unpaired) electrons. The number of carboxylic acids is 1. The van der Waals surface area contributed by atoms with Gasteiger partial charge in [-0.25, -0.2) is 4.79 Å². The molecule has 0 aliphatic heterocycles. The summed E-state index contributed by atoms with van der Waals surface area (Å²) in [6.45, 7) is 5.34. The van der Waals surface area contributed by atoms with Crippen LogP contribution in [0.25, 0.3) is 0 Å². The summed E-state index contributed by atoms with van der Waals surface area (Å²) >= 11 is 2.05. The highest BCUT2D eigenvalue weighted by molar-refractivity contribution is 14.1. The lowest BCUT2D eigenvalue weighted by molar-refractivity contribution is -0.142. The van der Waals surface area contributed by atoms with Gasteiger partial charge in [-0.3, -0.25) is 4.79 Å². The van der Waals surface area contributed by atoms with Crippen LogP contribution < -0.4 is 5.32 Å². The van der Waals surface area contributed by atoms with E-state index in [4.69, 9.17) is 5.11 Å². The smallest absolute Gasteiger partial charge is 0.326 e. The molecule has 0 aromatic heterocycles. The lowest BCUT2D eigenvalue weighted by Crippen LogP contribution is -2.49. The van der Waals surface area contributed by atoms with Crippen molar-refractivity contribution in [2.45, 2.75) is 26.8 Å². The van der Waals surface area contributed by atoms with Crippen LogP contribution in [0.1, 0.15) is 31.1 Å². The molecule has 4 nitrogen and oxygen atoms in total. The highest BCUT2D eigenvalue weighted by Crippen LogP contribution is 2.20. The highest BCUT2D eigenvalue weighted by atomic mass is 127. The van der Waals surface area contributed by atoms with Crippen LogP contribution in [0.15, 0.2) is 24.3 Å². The Morgan fingerprint density at radius 3 is 2.28 bits per heavy atom. The molecule has 0 saturated carbocycles. The first-order chi connectivity index (χ1) is 8.23. The fourth-order valence-corrected chi connectivity index (χ4v) is 2.14. The Bertz CT molecular complexity index is 466. The van der Waals surface area contributed by atoms with Crippen molar-refractivity contribution in [2.24, 2.45) is 5.41 Å². The van der Waals surface area contributed by atoms with Crippen LogP contribution in [0.4, 0.5) is 0 Å². The molecule has 2 N–H and O–H groups in total. The predicted octanol–water partition coefficient (Wildman–Crippen LogP) is 2.52. The summed E-state index contributed by atoms with van der Waals surface area (Å²) in [6, 6.07) is 6.16. The van der Waals surface area contributed by atoms with Gasteiger partial charge >= 0.3 is 5.97 Å². The molecule has 0 unspecified atom stereocenters. The number of hydrogen-bond donors (Lipinski definition) is 2. The molecule has 0 aliphatic carbocycles. The van der Waals surface area contributed by atoms with Crippen LogP contribution in [0.2, 0.25) is 0 Å². The quantitative estimate of drug-likeness (QED) is 0.814. The second-order valence-corrected chi connectivity index (χ2v) is 6.25. The second kappa shape index (κ2) is 5.69. The summed E-state index contributed by atoms with van der Waals surface area (Å²) in [5, 5.41) is 11.7. The zero-order valence-corrected chi connectivity index (χ0v) is 12.7. The molecule has 98 valence electrons. The molecule has 0 saturated heterocycles. The van der Waals surface area contributed by atoms with Gasteiger partial charge in [0.05, 0.1) is 5.56 Å². The van der Waals surface area contributed by atoms with E-state index in [2.05, 4.69) is 27.9 Å². The monoisotopic (exact) mass is 361 g/mol. The number of carboxylic acid groups (broad SMARTS) is 1. The molecule has 0 heterocycles. The minimum atomic E-state index is -1.03. The molecule has 5 heteroatoms. The topological polar surface area (TPSA) is 66.4 Å². The third-order valence-electron chi connectivity index (χ3n) is 2.51. The van der Waals surface area contributed by atoms with Gasteiger partial charge in [-0.15, -0.1) is 0 Å². The summed E-state index contributed by atoms with van der Waals surface area (Å²) in [5.74, 6) is -1.39. The summed E-state index contributed by atoms with van der Waals surface area (Å²) in [7, 11) is 0. The number of nitrogens with one attached hydrogen (secondary N) is 1. The molecule has 1 rings (SSSR count). The molecule has 18 heavy (non-hydrogen) atoms. The number of rotatable bonds is 3. The largest absolute Gasteiger partial charge is 0.480 e. The van der Waals surface area contributed by atoms with E-state index in [0.717, 1.165) is 3.57 Å². The minimum absolute atomic E-state index is 0.359. The van der Waals surface area contributed by atoms with Crippen LogP contribution in [-0.4, -0.2) is 23.0 Å². The molecule has 0 bridgehead atoms. The fourth-order valence-electron chi connectivity index (χ4n) is 1.50. The van der Waals surface area contributed by atoms with Gasteiger partial charge < -0.3 is 10.4 Å². The molecular weight excluding hydrogens is 345 g/mol. The Labute approximate surface area is 120 Å².